The summed E-state index contributed by atoms with van der Waals surface area (Å²) in [4.78, 5) is 14.4. The molecule has 0 spiro atoms. The van der Waals surface area contributed by atoms with E-state index in [1.807, 2.05) is 12.1 Å². The fraction of sp³-hybridized carbons (Fsp3) is 0.533. The molecule has 3 rings (SSSR count). The Balaban J connectivity index is 0.00000176. The van der Waals surface area contributed by atoms with Crippen molar-refractivity contribution < 1.29 is 14.3 Å². The van der Waals surface area contributed by atoms with E-state index in [1.165, 1.54) is 0 Å². The molecule has 2 N–H and O–H groups in total. The number of hydrogen-bond donors (Lipinski definition) is 2. The second-order valence-corrected chi connectivity index (χ2v) is 5.46. The molecular formula is C15H22ClN3O3. The molecule has 2 heterocycles. The summed E-state index contributed by atoms with van der Waals surface area (Å²) in [7, 11) is 0. The van der Waals surface area contributed by atoms with Crippen LogP contribution in [0.15, 0.2) is 18.2 Å². The van der Waals surface area contributed by atoms with Gasteiger partial charge in [-0.2, -0.15) is 0 Å². The highest BCUT2D eigenvalue weighted by Gasteiger charge is 2.19. The molecule has 0 unspecified atom stereocenters. The second kappa shape index (κ2) is 7.67. The van der Waals surface area contributed by atoms with Crippen molar-refractivity contribution in [3.05, 3.63) is 18.2 Å². The van der Waals surface area contributed by atoms with Crippen molar-refractivity contribution >= 4 is 24.0 Å². The Hall–Kier alpha value is -1.50. The molecule has 2 aliphatic heterocycles. The minimum Gasteiger partial charge on any atom is -0.454 e. The molecule has 1 atom stereocenters. The van der Waals surface area contributed by atoms with Gasteiger partial charge in [0.2, 0.25) is 12.7 Å². The molecule has 7 heteroatoms. The highest BCUT2D eigenvalue weighted by molar-refractivity contribution is 5.91. The van der Waals surface area contributed by atoms with E-state index in [0.29, 0.717) is 18.2 Å². The molecule has 122 valence electrons. The third-order valence-corrected chi connectivity index (χ3v) is 3.92. The van der Waals surface area contributed by atoms with E-state index in [4.69, 9.17) is 9.47 Å². The molecule has 1 aromatic rings. The van der Waals surface area contributed by atoms with Crippen LogP contribution in [-0.4, -0.2) is 49.8 Å². The molecule has 22 heavy (non-hydrogen) atoms. The lowest BCUT2D eigenvalue weighted by Crippen LogP contribution is -2.50. The number of hydrogen-bond acceptors (Lipinski definition) is 5. The Morgan fingerprint density at radius 3 is 3.05 bits per heavy atom. The van der Waals surface area contributed by atoms with E-state index in [2.05, 4.69) is 22.5 Å². The van der Waals surface area contributed by atoms with Gasteiger partial charge in [-0.25, -0.2) is 0 Å². The second-order valence-electron chi connectivity index (χ2n) is 5.46. The van der Waals surface area contributed by atoms with Gasteiger partial charge in [0.25, 0.3) is 0 Å². The number of benzene rings is 1. The number of carbonyl (C=O) groups is 1. The fourth-order valence-electron chi connectivity index (χ4n) is 2.66. The SMILES string of the molecule is C[C@@H]1CNCCN1CCC(=O)Nc1ccc2c(c1)OCO2.Cl. The molecule has 0 saturated carbocycles. The van der Waals surface area contributed by atoms with Gasteiger partial charge < -0.3 is 20.1 Å². The van der Waals surface area contributed by atoms with Crippen molar-refractivity contribution in [1.29, 1.82) is 0 Å². The molecule has 1 fully saturated rings. The summed E-state index contributed by atoms with van der Waals surface area (Å²) in [5, 5.41) is 6.26. The quantitative estimate of drug-likeness (QED) is 0.876. The number of nitrogens with zero attached hydrogens (tertiary/aromatic N) is 1. The molecule has 0 aliphatic carbocycles. The molecule has 0 radical (unpaired) electrons. The summed E-state index contributed by atoms with van der Waals surface area (Å²) in [5.74, 6) is 1.44. The minimum atomic E-state index is 0. The lowest BCUT2D eigenvalue weighted by Gasteiger charge is -2.33. The number of amides is 1. The average Bonchev–Trinajstić information content (AvgIpc) is 2.94. The standard InChI is InChI=1S/C15H21N3O3.ClH/c1-11-9-16-5-7-18(11)6-4-15(19)17-12-2-3-13-14(8-12)21-10-20-13;/h2-3,8,11,16H,4-7,9-10H2,1H3,(H,17,19);1H/t11-;/m1./s1. The summed E-state index contributed by atoms with van der Waals surface area (Å²) in [6.07, 6.45) is 0.499. The number of piperazine rings is 1. The zero-order valence-electron chi connectivity index (χ0n) is 12.6. The van der Waals surface area contributed by atoms with Crippen molar-refractivity contribution in [2.45, 2.75) is 19.4 Å². The summed E-state index contributed by atoms with van der Waals surface area (Å²) < 4.78 is 10.6. The van der Waals surface area contributed by atoms with Crippen LogP contribution in [0, 0.1) is 0 Å². The maximum Gasteiger partial charge on any atom is 0.231 e. The van der Waals surface area contributed by atoms with Crippen molar-refractivity contribution in [1.82, 2.24) is 10.2 Å². The van der Waals surface area contributed by atoms with Crippen LogP contribution < -0.4 is 20.1 Å². The number of fused-ring (bicyclic) bond motifs is 1. The molecule has 1 amide bonds. The van der Waals surface area contributed by atoms with Crippen LogP contribution in [-0.2, 0) is 4.79 Å². The van der Waals surface area contributed by atoms with Crippen LogP contribution in [0.3, 0.4) is 0 Å². The van der Waals surface area contributed by atoms with Crippen molar-refractivity contribution in [2.24, 2.45) is 0 Å². The van der Waals surface area contributed by atoms with Crippen molar-refractivity contribution in [3.63, 3.8) is 0 Å². The van der Waals surface area contributed by atoms with E-state index >= 15 is 0 Å². The van der Waals surface area contributed by atoms with Gasteiger partial charge in [0.05, 0.1) is 0 Å². The van der Waals surface area contributed by atoms with Gasteiger partial charge in [-0.05, 0) is 19.1 Å². The Morgan fingerprint density at radius 1 is 1.41 bits per heavy atom. The molecule has 6 nitrogen and oxygen atoms in total. The first kappa shape index (κ1) is 16.9. The number of rotatable bonds is 4. The minimum absolute atomic E-state index is 0. The van der Waals surface area contributed by atoms with Crippen molar-refractivity contribution in [2.75, 3.05) is 38.3 Å². The third-order valence-electron chi connectivity index (χ3n) is 3.92. The highest BCUT2D eigenvalue weighted by atomic mass is 35.5. The normalized spacial score (nSPS) is 20.3. The molecule has 0 bridgehead atoms. The first-order valence-electron chi connectivity index (χ1n) is 7.36. The Morgan fingerprint density at radius 2 is 2.23 bits per heavy atom. The lowest BCUT2D eigenvalue weighted by atomic mass is 10.2. The summed E-state index contributed by atoms with van der Waals surface area (Å²) in [6, 6.07) is 5.93. The van der Waals surface area contributed by atoms with Crippen LogP contribution in [0.1, 0.15) is 13.3 Å². The van der Waals surface area contributed by atoms with Gasteiger partial charge in [0.1, 0.15) is 0 Å². The lowest BCUT2D eigenvalue weighted by molar-refractivity contribution is -0.116. The first-order valence-corrected chi connectivity index (χ1v) is 7.36. The number of ether oxygens (including phenoxy) is 2. The van der Waals surface area contributed by atoms with Crippen LogP contribution >= 0.6 is 12.4 Å². The van der Waals surface area contributed by atoms with E-state index in [9.17, 15) is 4.79 Å². The third kappa shape index (κ3) is 4.03. The maximum absolute atomic E-state index is 12.0. The Bertz CT molecular complexity index is 527. The van der Waals surface area contributed by atoms with E-state index in [0.717, 1.165) is 37.6 Å². The molecule has 0 aromatic heterocycles. The number of nitrogens with one attached hydrogen (secondary N) is 2. The van der Waals surface area contributed by atoms with Crippen LogP contribution in [0.25, 0.3) is 0 Å². The average molecular weight is 328 g/mol. The predicted molar refractivity (Wildman–Crippen MR) is 87.0 cm³/mol. The Labute approximate surface area is 136 Å². The van der Waals surface area contributed by atoms with Gasteiger partial charge in [-0.3, -0.25) is 9.69 Å². The summed E-state index contributed by atoms with van der Waals surface area (Å²) in [5.41, 5.74) is 0.748. The fourth-order valence-corrected chi connectivity index (χ4v) is 2.66. The predicted octanol–water partition coefficient (Wildman–Crippen LogP) is 1.46. The van der Waals surface area contributed by atoms with Crippen LogP contribution in [0.4, 0.5) is 5.69 Å². The van der Waals surface area contributed by atoms with E-state index < -0.39 is 0 Å². The zero-order valence-corrected chi connectivity index (χ0v) is 13.4. The van der Waals surface area contributed by atoms with Gasteiger partial charge in [-0.15, -0.1) is 12.4 Å². The van der Waals surface area contributed by atoms with E-state index in [-0.39, 0.29) is 25.1 Å². The summed E-state index contributed by atoms with van der Waals surface area (Å²) >= 11 is 0. The number of anilines is 1. The molecule has 2 aliphatic rings. The number of halogens is 1. The van der Waals surface area contributed by atoms with Crippen LogP contribution in [0.2, 0.25) is 0 Å². The Kier molecular flexibility index (Phi) is 5.88. The number of carbonyl (C=O) groups excluding carboxylic acids is 1. The molecule has 1 saturated heterocycles. The zero-order chi connectivity index (χ0) is 14.7. The van der Waals surface area contributed by atoms with Gasteiger partial charge in [-0.1, -0.05) is 0 Å². The molecular weight excluding hydrogens is 306 g/mol. The van der Waals surface area contributed by atoms with Gasteiger partial charge in [0, 0.05) is 50.4 Å². The smallest absolute Gasteiger partial charge is 0.231 e. The topological polar surface area (TPSA) is 62.8 Å². The largest absolute Gasteiger partial charge is 0.454 e. The highest BCUT2D eigenvalue weighted by Crippen LogP contribution is 2.34. The van der Waals surface area contributed by atoms with Gasteiger partial charge >= 0.3 is 0 Å². The van der Waals surface area contributed by atoms with Gasteiger partial charge in [0.15, 0.2) is 11.5 Å². The van der Waals surface area contributed by atoms with Crippen LogP contribution in [0.5, 0.6) is 11.5 Å². The maximum atomic E-state index is 12.0. The summed E-state index contributed by atoms with van der Waals surface area (Å²) in [6.45, 7) is 6.20. The monoisotopic (exact) mass is 327 g/mol. The molecule has 1 aromatic carbocycles. The van der Waals surface area contributed by atoms with E-state index in [1.54, 1.807) is 6.07 Å². The van der Waals surface area contributed by atoms with Crippen molar-refractivity contribution in [3.8, 4) is 11.5 Å². The first-order chi connectivity index (χ1) is 10.2.